The maximum absolute atomic E-state index is 11.5. The summed E-state index contributed by atoms with van der Waals surface area (Å²) in [7, 11) is 1.90. The molecular weight excluding hydrogens is 360 g/mol. The van der Waals surface area contributed by atoms with E-state index in [1.54, 1.807) is 6.92 Å². The van der Waals surface area contributed by atoms with Gasteiger partial charge in [0.05, 0.1) is 0 Å². The van der Waals surface area contributed by atoms with Crippen molar-refractivity contribution in [2.45, 2.75) is 20.8 Å². The van der Waals surface area contributed by atoms with Crippen molar-refractivity contribution in [3.05, 3.63) is 64.3 Å². The highest BCUT2D eigenvalue weighted by atomic mass is 16.1. The van der Waals surface area contributed by atoms with Gasteiger partial charge in [-0.15, -0.1) is 0 Å². The largest absolute Gasteiger partial charge is 0.373 e. The summed E-state index contributed by atoms with van der Waals surface area (Å²) < 4.78 is 1.95. The van der Waals surface area contributed by atoms with Crippen LogP contribution in [0.4, 0.5) is 0 Å². The fraction of sp³-hybridized carbons (Fsp3) is 0.250. The zero-order valence-corrected chi connectivity index (χ0v) is 17.6. The van der Waals surface area contributed by atoms with Crippen LogP contribution in [0.5, 0.6) is 0 Å². The number of aromatic nitrogens is 1. The number of primary amides is 1. The maximum atomic E-state index is 11.5. The molecule has 2 aromatic rings. The molecule has 5 heteroatoms. The number of nitriles is 1. The minimum Gasteiger partial charge on any atom is -0.373 e. The predicted molar refractivity (Wildman–Crippen MR) is 120 cm³/mol. The van der Waals surface area contributed by atoms with Crippen LogP contribution in [0, 0.1) is 11.3 Å². The van der Waals surface area contributed by atoms with Gasteiger partial charge in [0, 0.05) is 37.2 Å². The Morgan fingerprint density at radius 1 is 1.28 bits per heavy atom. The van der Waals surface area contributed by atoms with Gasteiger partial charge in [0.2, 0.25) is 0 Å². The van der Waals surface area contributed by atoms with Gasteiger partial charge in [-0.25, -0.2) is 0 Å². The number of rotatable bonds is 7. The summed E-state index contributed by atoms with van der Waals surface area (Å²) >= 11 is 0. The van der Waals surface area contributed by atoms with E-state index in [2.05, 4.69) is 38.0 Å². The summed E-state index contributed by atoms with van der Waals surface area (Å²) in [6, 6.07) is 11.8. The van der Waals surface area contributed by atoms with Crippen LogP contribution in [0.1, 0.15) is 26.5 Å². The number of amides is 1. The zero-order chi connectivity index (χ0) is 21.7. The molecule has 0 unspecified atom stereocenters. The van der Waals surface area contributed by atoms with Gasteiger partial charge in [-0.2, -0.15) is 5.26 Å². The highest BCUT2D eigenvalue weighted by Gasteiger charge is 2.15. The maximum Gasteiger partial charge on any atom is 0.259 e. The zero-order valence-electron chi connectivity index (χ0n) is 17.6. The van der Waals surface area contributed by atoms with Crippen LogP contribution in [0.25, 0.3) is 29.5 Å². The van der Waals surface area contributed by atoms with Gasteiger partial charge < -0.3 is 15.2 Å². The van der Waals surface area contributed by atoms with Gasteiger partial charge >= 0.3 is 0 Å². The quantitative estimate of drug-likeness (QED) is 0.585. The van der Waals surface area contributed by atoms with E-state index in [0.717, 1.165) is 46.2 Å². The molecule has 0 saturated carbocycles. The normalized spacial score (nSPS) is 12.3. The van der Waals surface area contributed by atoms with Crippen molar-refractivity contribution in [2.75, 3.05) is 13.1 Å². The topological polar surface area (TPSA) is 75.0 Å². The lowest BCUT2D eigenvalue weighted by Crippen LogP contribution is -2.27. The Morgan fingerprint density at radius 3 is 2.45 bits per heavy atom. The third-order valence-corrected chi connectivity index (χ3v) is 5.17. The van der Waals surface area contributed by atoms with Gasteiger partial charge in [0.1, 0.15) is 11.6 Å². The van der Waals surface area contributed by atoms with E-state index in [4.69, 9.17) is 5.73 Å². The summed E-state index contributed by atoms with van der Waals surface area (Å²) in [6.45, 7) is 16.1. The second-order valence-corrected chi connectivity index (χ2v) is 6.86. The van der Waals surface area contributed by atoms with Crippen LogP contribution in [0.2, 0.25) is 0 Å². The van der Waals surface area contributed by atoms with Gasteiger partial charge in [0.25, 0.3) is 5.91 Å². The molecule has 0 fully saturated rings. The van der Waals surface area contributed by atoms with Crippen molar-refractivity contribution in [2.24, 2.45) is 12.8 Å². The number of carbonyl (C=O) groups excluding carboxylic acids is 1. The number of benzene rings is 1. The lowest BCUT2D eigenvalue weighted by Gasteiger charge is -2.20. The van der Waals surface area contributed by atoms with E-state index in [9.17, 15) is 10.1 Å². The molecule has 0 saturated heterocycles. The van der Waals surface area contributed by atoms with Crippen LogP contribution < -0.4 is 16.2 Å². The van der Waals surface area contributed by atoms with Gasteiger partial charge in [-0.05, 0) is 66.6 Å². The average molecular weight is 389 g/mol. The molecule has 2 rings (SSSR count). The summed E-state index contributed by atoms with van der Waals surface area (Å²) in [5.41, 5.74) is 9.54. The monoisotopic (exact) mass is 388 g/mol. The molecule has 0 aliphatic heterocycles. The van der Waals surface area contributed by atoms with Crippen LogP contribution in [0.3, 0.4) is 0 Å². The summed E-state index contributed by atoms with van der Waals surface area (Å²) in [6.07, 6.45) is 2.05. The molecule has 1 aromatic heterocycles. The molecule has 0 aliphatic rings. The molecule has 0 atom stereocenters. The van der Waals surface area contributed by atoms with E-state index in [1.165, 1.54) is 0 Å². The van der Waals surface area contributed by atoms with Crippen LogP contribution in [-0.4, -0.2) is 28.5 Å². The SMILES string of the molecule is C=C(/C=c1/ccc(-c2ccc(/C(C)=C(\C#N)C(N)=O)n2C)cc1=C)N(CC)CC. The number of carbonyl (C=O) groups is 1. The van der Waals surface area contributed by atoms with Crippen LogP contribution >= 0.6 is 0 Å². The highest BCUT2D eigenvalue weighted by Crippen LogP contribution is 2.25. The number of allylic oxidation sites excluding steroid dienone is 2. The molecule has 0 radical (unpaired) electrons. The molecule has 0 aliphatic carbocycles. The Kier molecular flexibility index (Phi) is 6.84. The molecule has 0 spiro atoms. The van der Waals surface area contributed by atoms with Crippen LogP contribution in [0.15, 0.2) is 48.2 Å². The Bertz CT molecular complexity index is 1120. The molecule has 1 amide bonds. The van der Waals surface area contributed by atoms with Gasteiger partial charge in [0.15, 0.2) is 0 Å². The van der Waals surface area contributed by atoms with Crippen LogP contribution in [-0.2, 0) is 11.8 Å². The van der Waals surface area contributed by atoms with Crippen molar-refractivity contribution in [1.82, 2.24) is 9.47 Å². The van der Waals surface area contributed by atoms with Crippen molar-refractivity contribution in [3.8, 4) is 17.3 Å². The molecular formula is C24H28N4O. The third kappa shape index (κ3) is 4.49. The van der Waals surface area contributed by atoms with E-state index >= 15 is 0 Å². The van der Waals surface area contributed by atoms with E-state index in [1.807, 2.05) is 48.0 Å². The molecule has 1 aromatic carbocycles. The second-order valence-electron chi connectivity index (χ2n) is 6.86. The molecule has 1 heterocycles. The second kappa shape index (κ2) is 9.11. The smallest absolute Gasteiger partial charge is 0.259 e. The summed E-state index contributed by atoms with van der Waals surface area (Å²) in [5.74, 6) is -0.721. The molecule has 5 nitrogen and oxygen atoms in total. The number of hydrogen-bond acceptors (Lipinski definition) is 3. The first-order chi connectivity index (χ1) is 13.7. The first kappa shape index (κ1) is 21.8. The Balaban J connectivity index is 2.49. The summed E-state index contributed by atoms with van der Waals surface area (Å²) in [5, 5.41) is 11.1. The number of nitrogens with zero attached hydrogens (tertiary/aromatic N) is 3. The minimum absolute atomic E-state index is 0.0320. The summed E-state index contributed by atoms with van der Waals surface area (Å²) in [4.78, 5) is 13.7. The Morgan fingerprint density at radius 2 is 1.93 bits per heavy atom. The highest BCUT2D eigenvalue weighted by molar-refractivity contribution is 6.03. The van der Waals surface area contributed by atoms with E-state index in [-0.39, 0.29) is 5.57 Å². The van der Waals surface area contributed by atoms with Gasteiger partial charge in [-0.1, -0.05) is 25.3 Å². The van der Waals surface area contributed by atoms with Gasteiger partial charge in [-0.3, -0.25) is 4.79 Å². The fourth-order valence-electron chi connectivity index (χ4n) is 3.44. The molecule has 29 heavy (non-hydrogen) atoms. The first-order valence-corrected chi connectivity index (χ1v) is 9.56. The number of nitrogens with two attached hydrogens (primary N) is 1. The van der Waals surface area contributed by atoms with Crippen molar-refractivity contribution in [3.63, 3.8) is 0 Å². The lowest BCUT2D eigenvalue weighted by molar-refractivity contribution is -0.114. The standard InChI is InChI=1S/C24H28N4O/c1-7-28(8-2)17(4)14-19-9-10-20(13-16(19)3)23-12-11-22(27(23)6)18(5)21(15-25)24(26)29/h9-14H,3-4,7-8H2,1-2,5-6H3,(H2,26,29)/b19-14-,21-18+. The average Bonchev–Trinajstić information content (AvgIpc) is 3.06. The van der Waals surface area contributed by atoms with E-state index in [0.29, 0.717) is 5.57 Å². The third-order valence-electron chi connectivity index (χ3n) is 5.17. The van der Waals surface area contributed by atoms with Crippen molar-refractivity contribution >= 4 is 24.1 Å². The molecule has 150 valence electrons. The van der Waals surface area contributed by atoms with Crippen molar-refractivity contribution in [1.29, 1.82) is 5.26 Å². The lowest BCUT2D eigenvalue weighted by atomic mass is 10.1. The predicted octanol–water partition coefficient (Wildman–Crippen LogP) is 2.52. The molecule has 0 bridgehead atoms. The molecule has 2 N–H and O–H groups in total. The Labute approximate surface area is 172 Å². The Hall–Kier alpha value is -3.52. The fourth-order valence-corrected chi connectivity index (χ4v) is 3.44. The first-order valence-electron chi connectivity index (χ1n) is 9.56. The van der Waals surface area contributed by atoms with Crippen molar-refractivity contribution < 1.29 is 4.79 Å². The van der Waals surface area contributed by atoms with E-state index < -0.39 is 5.91 Å². The minimum atomic E-state index is -0.721. The number of hydrogen-bond donors (Lipinski definition) is 1.